The van der Waals surface area contributed by atoms with Gasteiger partial charge in [-0.1, -0.05) is 11.6 Å². The zero-order valence-electron chi connectivity index (χ0n) is 13.4. The molecule has 1 aliphatic heterocycles. The van der Waals surface area contributed by atoms with Gasteiger partial charge in [0, 0.05) is 31.2 Å². The fourth-order valence-corrected chi connectivity index (χ4v) is 4.58. The van der Waals surface area contributed by atoms with Crippen LogP contribution in [-0.2, 0) is 16.9 Å². The number of aromatic nitrogens is 2. The normalized spacial score (nSPS) is 17.7. The summed E-state index contributed by atoms with van der Waals surface area (Å²) in [5.74, 6) is -0.385. The van der Waals surface area contributed by atoms with Crippen LogP contribution in [0.2, 0.25) is 5.02 Å². The lowest BCUT2D eigenvalue weighted by Crippen LogP contribution is -2.33. The van der Waals surface area contributed by atoms with Crippen LogP contribution in [0.5, 0.6) is 0 Å². The van der Waals surface area contributed by atoms with Gasteiger partial charge in [-0.3, -0.25) is 9.59 Å². The molecule has 0 saturated carbocycles. The number of nitrogens with zero attached hydrogens (tertiary/aromatic N) is 3. The molecule has 9 heteroatoms. The minimum atomic E-state index is -3.55. The molecule has 1 amide bonds. The highest BCUT2D eigenvalue weighted by Crippen LogP contribution is 2.25. The second-order valence-corrected chi connectivity index (χ2v) is 8.51. The smallest absolute Gasteiger partial charge is 0.274 e. The van der Waals surface area contributed by atoms with Crippen LogP contribution < -0.4 is 5.56 Å². The molecule has 1 aromatic heterocycles. The number of aryl methyl sites for hydroxylation is 1. The number of amides is 1. The van der Waals surface area contributed by atoms with Gasteiger partial charge in [0.15, 0.2) is 9.84 Å². The van der Waals surface area contributed by atoms with E-state index in [-0.39, 0.29) is 28.6 Å². The van der Waals surface area contributed by atoms with Crippen LogP contribution >= 0.6 is 11.6 Å². The van der Waals surface area contributed by atoms with Crippen LogP contribution in [0.3, 0.4) is 0 Å². The molecular weight excluding hydrogens is 366 g/mol. The molecule has 1 saturated heterocycles. The van der Waals surface area contributed by atoms with Crippen molar-refractivity contribution < 1.29 is 13.2 Å². The lowest BCUT2D eigenvalue weighted by molar-refractivity contribution is 0.0785. The zero-order chi connectivity index (χ0) is 18.2. The van der Waals surface area contributed by atoms with E-state index < -0.39 is 15.1 Å². The van der Waals surface area contributed by atoms with E-state index in [0.29, 0.717) is 18.0 Å². The third kappa shape index (κ3) is 3.45. The number of carbonyl (C=O) groups is 1. The summed E-state index contributed by atoms with van der Waals surface area (Å²) in [7, 11) is -2.09. The van der Waals surface area contributed by atoms with Crippen molar-refractivity contribution in [3.63, 3.8) is 0 Å². The number of halogens is 1. The van der Waals surface area contributed by atoms with Gasteiger partial charge in [0.05, 0.1) is 10.1 Å². The van der Waals surface area contributed by atoms with Gasteiger partial charge in [0.1, 0.15) is 5.69 Å². The van der Waals surface area contributed by atoms with Gasteiger partial charge in [0.2, 0.25) is 0 Å². The summed E-state index contributed by atoms with van der Waals surface area (Å²) in [4.78, 5) is 25.5. The molecule has 2 aromatic rings. The third-order valence-corrected chi connectivity index (χ3v) is 6.64. The van der Waals surface area contributed by atoms with E-state index in [2.05, 4.69) is 5.10 Å². The van der Waals surface area contributed by atoms with Gasteiger partial charge in [-0.25, -0.2) is 13.1 Å². The van der Waals surface area contributed by atoms with E-state index >= 15 is 0 Å². The van der Waals surface area contributed by atoms with Gasteiger partial charge in [-0.15, -0.1) is 0 Å². The Kier molecular flexibility index (Phi) is 4.66. The van der Waals surface area contributed by atoms with Crippen molar-refractivity contribution in [2.75, 3.05) is 13.1 Å². The lowest BCUT2D eigenvalue weighted by Gasteiger charge is -2.16. The quantitative estimate of drug-likeness (QED) is 0.794. The molecule has 0 unspecified atom stereocenters. The molecule has 0 bridgehead atoms. The summed E-state index contributed by atoms with van der Waals surface area (Å²) >= 11 is 5.80. The molecule has 1 aromatic carbocycles. The standard InChI is InChI=1S/C16H16ClN3O4S/c1-19-15(21)7-6-14(18-19)16(22)20-9-8-13(10-20)25(23,24)12-4-2-11(17)3-5-12/h2-7,13H,8-10H2,1H3/t13-/m0/s1. The minimum absolute atomic E-state index is 0.0916. The van der Waals surface area contributed by atoms with Crippen molar-refractivity contribution in [3.05, 3.63) is 57.5 Å². The van der Waals surface area contributed by atoms with Gasteiger partial charge in [-0.05, 0) is 36.8 Å². The number of benzene rings is 1. The van der Waals surface area contributed by atoms with E-state index in [4.69, 9.17) is 11.6 Å². The molecule has 1 atom stereocenters. The second-order valence-electron chi connectivity index (χ2n) is 5.84. The average Bonchev–Trinajstić information content (AvgIpc) is 3.08. The SMILES string of the molecule is Cn1nc(C(=O)N2CC[C@H](S(=O)(=O)c3ccc(Cl)cc3)C2)ccc1=O. The Morgan fingerprint density at radius 3 is 2.52 bits per heavy atom. The van der Waals surface area contributed by atoms with Crippen LogP contribution in [0.1, 0.15) is 16.9 Å². The number of rotatable bonds is 3. The number of carbonyl (C=O) groups excluding carboxylic acids is 1. The first-order valence-electron chi connectivity index (χ1n) is 7.62. The Morgan fingerprint density at radius 1 is 1.20 bits per heavy atom. The fraction of sp³-hybridized carbons (Fsp3) is 0.312. The lowest BCUT2D eigenvalue weighted by atomic mass is 10.3. The Balaban J connectivity index is 1.78. The zero-order valence-corrected chi connectivity index (χ0v) is 15.0. The Bertz CT molecular complexity index is 970. The molecule has 1 aliphatic rings. The summed E-state index contributed by atoms with van der Waals surface area (Å²) in [6.07, 6.45) is 0.350. The first-order chi connectivity index (χ1) is 11.8. The molecule has 25 heavy (non-hydrogen) atoms. The third-order valence-electron chi connectivity index (χ3n) is 4.19. The van der Waals surface area contributed by atoms with Crippen LogP contribution in [-0.4, -0.2) is 47.3 Å². The van der Waals surface area contributed by atoms with Crippen molar-refractivity contribution in [3.8, 4) is 0 Å². The molecule has 3 rings (SSSR count). The minimum Gasteiger partial charge on any atom is -0.336 e. The maximum Gasteiger partial charge on any atom is 0.274 e. The van der Waals surface area contributed by atoms with Crippen molar-refractivity contribution in [2.45, 2.75) is 16.6 Å². The van der Waals surface area contributed by atoms with Gasteiger partial charge >= 0.3 is 0 Å². The Labute approximate surface area is 149 Å². The van der Waals surface area contributed by atoms with E-state index in [9.17, 15) is 18.0 Å². The maximum atomic E-state index is 12.7. The summed E-state index contributed by atoms with van der Waals surface area (Å²) in [6.45, 7) is 0.412. The predicted octanol–water partition coefficient (Wildman–Crippen LogP) is 1.12. The highest BCUT2D eigenvalue weighted by atomic mass is 35.5. The van der Waals surface area contributed by atoms with Crippen LogP contribution in [0.15, 0.2) is 46.1 Å². The summed E-state index contributed by atoms with van der Waals surface area (Å²) in [5, 5.41) is 3.71. The van der Waals surface area contributed by atoms with Crippen LogP contribution in [0.4, 0.5) is 0 Å². The first kappa shape index (κ1) is 17.6. The van der Waals surface area contributed by atoms with Crippen molar-refractivity contribution in [1.82, 2.24) is 14.7 Å². The molecule has 0 spiro atoms. The predicted molar refractivity (Wildman–Crippen MR) is 92.4 cm³/mol. The van der Waals surface area contributed by atoms with Gasteiger partial charge in [-0.2, -0.15) is 5.10 Å². The van der Waals surface area contributed by atoms with Crippen molar-refractivity contribution >= 4 is 27.3 Å². The molecule has 0 radical (unpaired) electrons. The van der Waals surface area contributed by atoms with Crippen LogP contribution in [0, 0.1) is 0 Å². The molecule has 132 valence electrons. The van der Waals surface area contributed by atoms with E-state index in [1.807, 2.05) is 0 Å². The maximum absolute atomic E-state index is 12.7. The molecule has 2 heterocycles. The monoisotopic (exact) mass is 381 g/mol. The largest absolute Gasteiger partial charge is 0.336 e. The van der Waals surface area contributed by atoms with Crippen LogP contribution in [0.25, 0.3) is 0 Å². The van der Waals surface area contributed by atoms with E-state index in [1.165, 1.54) is 48.3 Å². The second kappa shape index (κ2) is 6.61. The number of sulfone groups is 1. The van der Waals surface area contributed by atoms with E-state index in [0.717, 1.165) is 4.68 Å². The summed E-state index contributed by atoms with van der Waals surface area (Å²) < 4.78 is 26.5. The molecule has 7 nitrogen and oxygen atoms in total. The topological polar surface area (TPSA) is 89.3 Å². The van der Waals surface area contributed by atoms with Crippen molar-refractivity contribution in [2.24, 2.45) is 7.05 Å². The number of hydrogen-bond acceptors (Lipinski definition) is 5. The number of hydrogen-bond donors (Lipinski definition) is 0. The molecule has 1 fully saturated rings. The molecule has 0 N–H and O–H groups in total. The van der Waals surface area contributed by atoms with E-state index in [1.54, 1.807) is 0 Å². The first-order valence-corrected chi connectivity index (χ1v) is 9.54. The molecular formula is C16H16ClN3O4S. The summed E-state index contributed by atoms with van der Waals surface area (Å²) in [6, 6.07) is 8.61. The Hall–Kier alpha value is -2.19. The number of likely N-dealkylation sites (tertiary alicyclic amines) is 1. The fourth-order valence-electron chi connectivity index (χ4n) is 2.76. The Morgan fingerprint density at radius 2 is 1.88 bits per heavy atom. The highest BCUT2D eigenvalue weighted by molar-refractivity contribution is 7.92. The van der Waals surface area contributed by atoms with Gasteiger partial charge < -0.3 is 4.90 Å². The average molecular weight is 382 g/mol. The molecule has 0 aliphatic carbocycles. The summed E-state index contributed by atoms with van der Waals surface area (Å²) in [5.41, 5.74) is -0.201. The van der Waals surface area contributed by atoms with Gasteiger partial charge in [0.25, 0.3) is 11.5 Å². The van der Waals surface area contributed by atoms with Crippen molar-refractivity contribution in [1.29, 1.82) is 0 Å². The highest BCUT2D eigenvalue weighted by Gasteiger charge is 2.36.